The summed E-state index contributed by atoms with van der Waals surface area (Å²) in [5.41, 5.74) is 3.13. The largest absolute Gasteiger partial charge is 0.497 e. The molecule has 182 valence electrons. The van der Waals surface area contributed by atoms with Crippen molar-refractivity contribution < 1.29 is 14.4 Å². The second kappa shape index (κ2) is 11.1. The van der Waals surface area contributed by atoms with Gasteiger partial charge in [0.05, 0.1) is 19.1 Å². The van der Waals surface area contributed by atoms with E-state index in [1.807, 2.05) is 41.3 Å². The lowest BCUT2D eigenvalue weighted by molar-refractivity contribution is -0.383. The summed E-state index contributed by atoms with van der Waals surface area (Å²) < 4.78 is 10.6. The molecule has 10 heteroatoms. The van der Waals surface area contributed by atoms with Crippen LogP contribution in [0.1, 0.15) is 17.5 Å². The highest BCUT2D eigenvalue weighted by Gasteiger charge is 2.28. The fourth-order valence-corrected chi connectivity index (χ4v) is 4.15. The molecule has 4 rings (SSSR count). The zero-order valence-electron chi connectivity index (χ0n) is 19.5. The Morgan fingerprint density at radius 2 is 1.83 bits per heavy atom. The van der Waals surface area contributed by atoms with Crippen molar-refractivity contribution in [1.29, 1.82) is 0 Å². The lowest BCUT2D eigenvalue weighted by Crippen LogP contribution is -2.30. The monoisotopic (exact) mass is 495 g/mol. The molecule has 1 aromatic heterocycles. The lowest BCUT2D eigenvalue weighted by atomic mass is 9.99. The molecule has 3 aromatic rings. The van der Waals surface area contributed by atoms with Crippen LogP contribution in [0.4, 0.5) is 17.3 Å². The maximum atomic E-state index is 12.0. The molecule has 0 spiro atoms. The maximum absolute atomic E-state index is 12.0. The number of nitro groups is 1. The van der Waals surface area contributed by atoms with Crippen LogP contribution in [0.2, 0.25) is 5.02 Å². The molecule has 0 unspecified atom stereocenters. The van der Waals surface area contributed by atoms with E-state index in [0.29, 0.717) is 48.4 Å². The highest BCUT2D eigenvalue weighted by atomic mass is 35.5. The summed E-state index contributed by atoms with van der Waals surface area (Å²) in [6, 6.07) is 13.3. The summed E-state index contributed by atoms with van der Waals surface area (Å²) in [6.45, 7) is 1.56. The molecule has 1 aliphatic heterocycles. The van der Waals surface area contributed by atoms with Crippen LogP contribution in [-0.4, -0.2) is 48.7 Å². The molecule has 2 heterocycles. The Morgan fingerprint density at radius 3 is 2.43 bits per heavy atom. The van der Waals surface area contributed by atoms with Crippen molar-refractivity contribution in [2.45, 2.75) is 12.8 Å². The summed E-state index contributed by atoms with van der Waals surface area (Å²) in [5.74, 6) is 1.88. The molecule has 0 atom stereocenters. The number of aromatic nitrogens is 2. The van der Waals surface area contributed by atoms with E-state index in [9.17, 15) is 10.1 Å². The number of rotatable bonds is 9. The topological polar surface area (TPSA) is 103 Å². The third kappa shape index (κ3) is 5.81. The Labute approximate surface area is 208 Å². The molecule has 0 amide bonds. The first-order valence-electron chi connectivity index (χ1n) is 11.1. The number of hydrogen-bond acceptors (Lipinski definition) is 8. The molecule has 1 N–H and O–H groups in total. The predicted molar refractivity (Wildman–Crippen MR) is 137 cm³/mol. The van der Waals surface area contributed by atoms with Crippen LogP contribution in [-0.2, 0) is 6.42 Å². The summed E-state index contributed by atoms with van der Waals surface area (Å²) in [5, 5.41) is 15.8. The number of ether oxygens (including phenoxy) is 2. The predicted octanol–water partition coefficient (Wildman–Crippen LogP) is 5.00. The Kier molecular flexibility index (Phi) is 7.67. The van der Waals surface area contributed by atoms with Crippen molar-refractivity contribution in [3.63, 3.8) is 0 Å². The number of nitrogens with zero attached hydrogens (tertiary/aromatic N) is 4. The van der Waals surface area contributed by atoms with Crippen LogP contribution in [0.3, 0.4) is 0 Å². The molecule has 0 aliphatic carbocycles. The molecule has 0 saturated heterocycles. The first-order chi connectivity index (χ1) is 17.0. The van der Waals surface area contributed by atoms with E-state index in [1.54, 1.807) is 20.3 Å². The molecule has 0 radical (unpaired) electrons. The van der Waals surface area contributed by atoms with Gasteiger partial charge in [-0.1, -0.05) is 29.8 Å². The van der Waals surface area contributed by atoms with Gasteiger partial charge >= 0.3 is 5.69 Å². The molecular formula is C25H26ClN5O4. The highest BCUT2D eigenvalue weighted by Crippen LogP contribution is 2.34. The zero-order chi connectivity index (χ0) is 24.8. The quantitative estimate of drug-likeness (QED) is 0.326. The molecular weight excluding hydrogens is 470 g/mol. The van der Waals surface area contributed by atoms with Crippen LogP contribution in [0.25, 0.3) is 5.57 Å². The standard InChI is InChI=1S/C25H26ClN5O4/c1-34-21-13-17(14-22(15-21)35-2)7-10-27-24-23(31(32)33)25(29-16-28-24)30-11-8-19(9-12-30)18-3-5-20(26)6-4-18/h3-6,8,13-16H,7,9-12H2,1-2H3,(H,27,28,29). The van der Waals surface area contributed by atoms with Crippen molar-refractivity contribution in [3.05, 3.63) is 81.1 Å². The smallest absolute Gasteiger partial charge is 0.353 e. The fourth-order valence-electron chi connectivity index (χ4n) is 4.02. The van der Waals surface area contributed by atoms with Crippen molar-refractivity contribution >= 4 is 34.5 Å². The minimum atomic E-state index is -0.426. The van der Waals surface area contributed by atoms with Gasteiger partial charge in [-0.3, -0.25) is 10.1 Å². The Bertz CT molecular complexity index is 1210. The van der Waals surface area contributed by atoms with Crippen LogP contribution < -0.4 is 19.7 Å². The van der Waals surface area contributed by atoms with Gasteiger partial charge in [0, 0.05) is 30.7 Å². The van der Waals surface area contributed by atoms with Gasteiger partial charge < -0.3 is 19.7 Å². The van der Waals surface area contributed by atoms with Crippen LogP contribution in [0.5, 0.6) is 11.5 Å². The summed E-state index contributed by atoms with van der Waals surface area (Å²) in [6.07, 6.45) is 4.77. The molecule has 1 aliphatic rings. The van der Waals surface area contributed by atoms with E-state index in [1.165, 1.54) is 11.9 Å². The number of nitrogens with one attached hydrogen (secondary N) is 1. The van der Waals surface area contributed by atoms with Crippen molar-refractivity contribution in [2.24, 2.45) is 0 Å². The highest BCUT2D eigenvalue weighted by molar-refractivity contribution is 6.30. The maximum Gasteiger partial charge on any atom is 0.353 e. The lowest BCUT2D eigenvalue weighted by Gasteiger charge is -2.27. The minimum Gasteiger partial charge on any atom is -0.497 e. The SMILES string of the molecule is COc1cc(CCNc2ncnc(N3CC=C(c4ccc(Cl)cc4)CC3)c2[N+](=O)[O-])cc(OC)c1. The van der Waals surface area contributed by atoms with Crippen molar-refractivity contribution in [2.75, 3.05) is 44.1 Å². The average Bonchev–Trinajstić information content (AvgIpc) is 2.88. The molecule has 2 aromatic carbocycles. The number of benzene rings is 2. The third-order valence-electron chi connectivity index (χ3n) is 5.83. The Morgan fingerprint density at radius 1 is 1.11 bits per heavy atom. The van der Waals surface area contributed by atoms with Crippen LogP contribution in [0, 0.1) is 10.1 Å². The Balaban J connectivity index is 1.48. The van der Waals surface area contributed by atoms with Gasteiger partial charge in [0.1, 0.15) is 17.8 Å². The molecule has 9 nitrogen and oxygen atoms in total. The number of hydrogen-bond donors (Lipinski definition) is 1. The fraction of sp³-hybridized carbons (Fsp3) is 0.280. The third-order valence-corrected chi connectivity index (χ3v) is 6.08. The van der Waals surface area contributed by atoms with E-state index in [-0.39, 0.29) is 11.5 Å². The van der Waals surface area contributed by atoms with E-state index >= 15 is 0 Å². The van der Waals surface area contributed by atoms with Gasteiger partial charge in [-0.2, -0.15) is 0 Å². The van der Waals surface area contributed by atoms with Gasteiger partial charge in [-0.15, -0.1) is 0 Å². The van der Waals surface area contributed by atoms with Gasteiger partial charge in [0.15, 0.2) is 0 Å². The normalized spacial score (nSPS) is 13.2. The van der Waals surface area contributed by atoms with E-state index < -0.39 is 4.92 Å². The number of methoxy groups -OCH3 is 2. The summed E-state index contributed by atoms with van der Waals surface area (Å²) in [4.78, 5) is 21.9. The van der Waals surface area contributed by atoms with Crippen molar-refractivity contribution in [3.8, 4) is 11.5 Å². The van der Waals surface area contributed by atoms with Gasteiger partial charge in [-0.25, -0.2) is 9.97 Å². The first kappa shape index (κ1) is 24.3. The first-order valence-corrected chi connectivity index (χ1v) is 11.5. The van der Waals surface area contributed by atoms with E-state index in [0.717, 1.165) is 17.5 Å². The van der Waals surface area contributed by atoms with Gasteiger partial charge in [0.25, 0.3) is 0 Å². The molecule has 0 bridgehead atoms. The Hall–Kier alpha value is -3.85. The molecule has 35 heavy (non-hydrogen) atoms. The van der Waals surface area contributed by atoms with E-state index in [4.69, 9.17) is 21.1 Å². The zero-order valence-corrected chi connectivity index (χ0v) is 20.3. The number of halogens is 1. The second-order valence-electron chi connectivity index (χ2n) is 7.98. The average molecular weight is 496 g/mol. The van der Waals surface area contributed by atoms with Crippen molar-refractivity contribution in [1.82, 2.24) is 9.97 Å². The van der Waals surface area contributed by atoms with Gasteiger partial charge in [0.2, 0.25) is 11.6 Å². The molecule has 0 saturated carbocycles. The van der Waals surface area contributed by atoms with Gasteiger partial charge in [-0.05, 0) is 53.8 Å². The van der Waals surface area contributed by atoms with Crippen LogP contribution >= 0.6 is 11.6 Å². The number of anilines is 2. The minimum absolute atomic E-state index is 0.126. The second-order valence-corrected chi connectivity index (χ2v) is 8.42. The molecule has 0 fully saturated rings. The van der Waals surface area contributed by atoms with E-state index in [2.05, 4.69) is 21.4 Å². The van der Waals surface area contributed by atoms with Crippen LogP contribution in [0.15, 0.2) is 54.9 Å². The summed E-state index contributed by atoms with van der Waals surface area (Å²) in [7, 11) is 3.19. The summed E-state index contributed by atoms with van der Waals surface area (Å²) >= 11 is 5.99.